The van der Waals surface area contributed by atoms with Gasteiger partial charge in [0.1, 0.15) is 0 Å². The van der Waals surface area contributed by atoms with E-state index in [2.05, 4.69) is 36.3 Å². The summed E-state index contributed by atoms with van der Waals surface area (Å²) in [5.41, 5.74) is 5.84. The van der Waals surface area contributed by atoms with Gasteiger partial charge in [0, 0.05) is 25.6 Å². The van der Waals surface area contributed by atoms with Crippen molar-refractivity contribution in [3.63, 3.8) is 0 Å². The summed E-state index contributed by atoms with van der Waals surface area (Å²) in [7, 11) is 0. The van der Waals surface area contributed by atoms with Gasteiger partial charge in [0.05, 0.1) is 0 Å². The Morgan fingerprint density at radius 1 is 1.17 bits per heavy atom. The van der Waals surface area contributed by atoms with Crippen molar-refractivity contribution in [1.29, 1.82) is 0 Å². The molecule has 7 heteroatoms. The Labute approximate surface area is 201 Å². The minimum absolute atomic E-state index is 0. The van der Waals surface area contributed by atoms with E-state index in [4.69, 9.17) is 10.7 Å². The fraction of sp³-hybridized carbons (Fsp3) is 0.913. The highest BCUT2D eigenvalue weighted by molar-refractivity contribution is 14.0. The Morgan fingerprint density at radius 2 is 1.83 bits per heavy atom. The van der Waals surface area contributed by atoms with Crippen molar-refractivity contribution in [3.05, 3.63) is 0 Å². The molecule has 0 unspecified atom stereocenters. The molecular formula is C23H46IN5O. The number of aliphatic imine (C=N–C) groups is 1. The van der Waals surface area contributed by atoms with E-state index in [0.717, 1.165) is 70.4 Å². The van der Waals surface area contributed by atoms with Crippen LogP contribution in [0.1, 0.15) is 78.6 Å². The molecule has 0 radical (unpaired) electrons. The number of nitrogens with two attached hydrogens (primary N) is 1. The first kappa shape index (κ1) is 27.5. The van der Waals surface area contributed by atoms with Crippen LogP contribution in [0.4, 0.5) is 0 Å². The molecule has 1 aliphatic carbocycles. The standard InChI is InChI=1S/C23H45N5O.HI/c1-4-25-22(27-18-23(17-19(2)3)11-5-6-12-23)26-13-7-8-14-28-15-9-20(10-16-28)21(24)29;/h19-20H,4-18H2,1-3H3,(H2,24,29)(H2,25,26,27);1H. The monoisotopic (exact) mass is 535 g/mol. The Hall–Kier alpha value is -0.570. The van der Waals surface area contributed by atoms with E-state index < -0.39 is 0 Å². The Morgan fingerprint density at radius 3 is 2.40 bits per heavy atom. The number of amides is 1. The molecule has 6 nitrogen and oxygen atoms in total. The average Bonchev–Trinajstić information content (AvgIpc) is 3.14. The lowest BCUT2D eigenvalue weighted by Gasteiger charge is -2.30. The number of carbonyl (C=O) groups is 1. The van der Waals surface area contributed by atoms with Gasteiger partial charge in [-0.05, 0) is 82.8 Å². The molecule has 0 aromatic heterocycles. The Balaban J connectivity index is 0.00000450. The van der Waals surface area contributed by atoms with Crippen molar-refractivity contribution < 1.29 is 4.79 Å². The molecule has 0 spiro atoms. The molecule has 1 aliphatic heterocycles. The average molecular weight is 536 g/mol. The highest BCUT2D eigenvalue weighted by Crippen LogP contribution is 2.43. The van der Waals surface area contributed by atoms with E-state index in [0.29, 0.717) is 5.41 Å². The van der Waals surface area contributed by atoms with Gasteiger partial charge >= 0.3 is 0 Å². The van der Waals surface area contributed by atoms with Crippen molar-refractivity contribution in [2.75, 3.05) is 39.3 Å². The number of carbonyl (C=O) groups excluding carboxylic acids is 1. The first-order chi connectivity index (χ1) is 13.9. The topological polar surface area (TPSA) is 82.8 Å². The molecule has 1 saturated heterocycles. The zero-order valence-electron chi connectivity index (χ0n) is 19.5. The van der Waals surface area contributed by atoms with E-state index >= 15 is 0 Å². The molecule has 0 aromatic carbocycles. The van der Waals surface area contributed by atoms with Crippen LogP contribution in [-0.2, 0) is 4.79 Å². The largest absolute Gasteiger partial charge is 0.369 e. The number of unbranched alkanes of at least 4 members (excludes halogenated alkanes) is 1. The van der Waals surface area contributed by atoms with Gasteiger partial charge in [-0.3, -0.25) is 9.79 Å². The van der Waals surface area contributed by atoms with Gasteiger partial charge < -0.3 is 21.3 Å². The van der Waals surface area contributed by atoms with E-state index in [1.165, 1.54) is 38.5 Å². The molecule has 0 atom stereocenters. The summed E-state index contributed by atoms with van der Waals surface area (Å²) in [5, 5.41) is 6.95. The maximum absolute atomic E-state index is 11.3. The second kappa shape index (κ2) is 14.5. The Bertz CT molecular complexity index is 512. The van der Waals surface area contributed by atoms with Gasteiger partial charge in [0.15, 0.2) is 5.96 Å². The minimum atomic E-state index is -0.128. The van der Waals surface area contributed by atoms with Crippen LogP contribution in [0.5, 0.6) is 0 Å². The van der Waals surface area contributed by atoms with Gasteiger partial charge in [0.2, 0.25) is 5.91 Å². The molecule has 30 heavy (non-hydrogen) atoms. The molecule has 2 rings (SSSR count). The zero-order valence-corrected chi connectivity index (χ0v) is 21.9. The maximum Gasteiger partial charge on any atom is 0.220 e. The number of nitrogens with one attached hydrogen (secondary N) is 2. The molecular weight excluding hydrogens is 489 g/mol. The van der Waals surface area contributed by atoms with Crippen LogP contribution in [0, 0.1) is 17.3 Å². The van der Waals surface area contributed by atoms with Crippen LogP contribution in [0.3, 0.4) is 0 Å². The molecule has 1 heterocycles. The Kier molecular flexibility index (Phi) is 13.3. The van der Waals surface area contributed by atoms with Crippen molar-refractivity contribution in [1.82, 2.24) is 15.5 Å². The summed E-state index contributed by atoms with van der Waals surface area (Å²) in [5.74, 6) is 1.68. The molecule has 0 bridgehead atoms. The number of guanidine groups is 1. The predicted molar refractivity (Wildman–Crippen MR) is 137 cm³/mol. The molecule has 2 fully saturated rings. The number of hydrogen-bond donors (Lipinski definition) is 3. The van der Waals surface area contributed by atoms with Crippen LogP contribution in [0.25, 0.3) is 0 Å². The maximum atomic E-state index is 11.3. The number of rotatable bonds is 11. The summed E-state index contributed by atoms with van der Waals surface area (Å²) in [6.45, 7) is 12.7. The lowest BCUT2D eigenvalue weighted by molar-refractivity contribution is -0.123. The second-order valence-corrected chi connectivity index (χ2v) is 9.65. The number of likely N-dealkylation sites (tertiary alicyclic amines) is 1. The lowest BCUT2D eigenvalue weighted by atomic mass is 9.78. The summed E-state index contributed by atoms with van der Waals surface area (Å²) >= 11 is 0. The summed E-state index contributed by atoms with van der Waals surface area (Å²) in [6.07, 6.45) is 10.8. The zero-order chi connectivity index (χ0) is 21.1. The van der Waals surface area contributed by atoms with Gasteiger partial charge in [-0.2, -0.15) is 0 Å². The molecule has 2 aliphatic rings. The van der Waals surface area contributed by atoms with Crippen LogP contribution in [0.2, 0.25) is 0 Å². The number of piperidine rings is 1. The summed E-state index contributed by atoms with van der Waals surface area (Å²) < 4.78 is 0. The van der Waals surface area contributed by atoms with Crippen LogP contribution < -0.4 is 16.4 Å². The molecule has 4 N–H and O–H groups in total. The first-order valence-electron chi connectivity index (χ1n) is 12.0. The van der Waals surface area contributed by atoms with Gasteiger partial charge in [-0.15, -0.1) is 24.0 Å². The van der Waals surface area contributed by atoms with Crippen LogP contribution in [-0.4, -0.2) is 56.0 Å². The lowest BCUT2D eigenvalue weighted by Crippen LogP contribution is -2.40. The SMILES string of the molecule is CCNC(=NCC1(CC(C)C)CCCC1)NCCCCN1CCC(C(N)=O)CC1.I. The second-order valence-electron chi connectivity index (χ2n) is 9.65. The first-order valence-corrected chi connectivity index (χ1v) is 12.0. The number of hydrogen-bond acceptors (Lipinski definition) is 3. The molecule has 0 aromatic rings. The number of nitrogens with zero attached hydrogens (tertiary/aromatic N) is 2. The highest BCUT2D eigenvalue weighted by atomic mass is 127. The van der Waals surface area contributed by atoms with E-state index in [9.17, 15) is 4.79 Å². The third kappa shape index (κ3) is 9.71. The van der Waals surface area contributed by atoms with Gasteiger partial charge in [0.25, 0.3) is 0 Å². The van der Waals surface area contributed by atoms with Crippen molar-refractivity contribution in [2.24, 2.45) is 28.0 Å². The number of primary amides is 1. The van der Waals surface area contributed by atoms with Crippen LogP contribution >= 0.6 is 24.0 Å². The molecule has 1 amide bonds. The fourth-order valence-corrected chi connectivity index (χ4v) is 5.11. The minimum Gasteiger partial charge on any atom is -0.369 e. The summed E-state index contributed by atoms with van der Waals surface area (Å²) in [4.78, 5) is 18.7. The van der Waals surface area contributed by atoms with Gasteiger partial charge in [-0.1, -0.05) is 26.7 Å². The van der Waals surface area contributed by atoms with Crippen molar-refractivity contribution >= 4 is 35.8 Å². The smallest absolute Gasteiger partial charge is 0.220 e. The van der Waals surface area contributed by atoms with E-state index in [1.807, 2.05) is 0 Å². The van der Waals surface area contributed by atoms with Crippen molar-refractivity contribution in [3.8, 4) is 0 Å². The van der Waals surface area contributed by atoms with Crippen molar-refractivity contribution in [2.45, 2.75) is 78.6 Å². The predicted octanol–water partition coefficient (Wildman–Crippen LogP) is 3.74. The third-order valence-electron chi connectivity index (χ3n) is 6.61. The van der Waals surface area contributed by atoms with Crippen LogP contribution in [0.15, 0.2) is 4.99 Å². The fourth-order valence-electron chi connectivity index (χ4n) is 5.11. The third-order valence-corrected chi connectivity index (χ3v) is 6.61. The molecule has 176 valence electrons. The van der Waals surface area contributed by atoms with E-state index in [1.54, 1.807) is 0 Å². The van der Waals surface area contributed by atoms with E-state index in [-0.39, 0.29) is 35.8 Å². The quantitative estimate of drug-likeness (QED) is 0.163. The number of halogens is 1. The molecule has 1 saturated carbocycles. The van der Waals surface area contributed by atoms with Gasteiger partial charge in [-0.25, -0.2) is 0 Å². The normalized spacial score (nSPS) is 20.2. The summed E-state index contributed by atoms with van der Waals surface area (Å²) in [6, 6.07) is 0. The highest BCUT2D eigenvalue weighted by Gasteiger charge is 2.34.